The third-order valence-electron chi connectivity index (χ3n) is 5.36. The molecule has 1 saturated heterocycles. The molecule has 2 aromatic rings. The van der Waals surface area contributed by atoms with Crippen molar-refractivity contribution < 1.29 is 24.5 Å². The summed E-state index contributed by atoms with van der Waals surface area (Å²) >= 11 is 0. The summed E-state index contributed by atoms with van der Waals surface area (Å²) in [6.45, 7) is 2.97. The van der Waals surface area contributed by atoms with Gasteiger partial charge < -0.3 is 24.7 Å². The number of phenols is 1. The molecule has 1 aliphatic heterocycles. The predicted molar refractivity (Wildman–Crippen MR) is 118 cm³/mol. The highest BCUT2D eigenvalue weighted by Gasteiger charge is 2.46. The van der Waals surface area contributed by atoms with E-state index in [1.54, 1.807) is 24.3 Å². The lowest BCUT2D eigenvalue weighted by Crippen LogP contribution is -2.32. The SMILES string of the molecule is COc1ccc(C)cc1/C(O)=C1\C(=O)C(=O)N(CCCN(C)C)C1c1ccc(O)cc1. The first kappa shape index (κ1) is 22.4. The number of ether oxygens (including phenoxy) is 1. The number of benzene rings is 2. The zero-order valence-corrected chi connectivity index (χ0v) is 18.3. The van der Waals surface area contributed by atoms with Crippen LogP contribution in [-0.2, 0) is 9.59 Å². The Morgan fingerprint density at radius 3 is 2.42 bits per heavy atom. The molecule has 164 valence electrons. The molecule has 0 bridgehead atoms. The third-order valence-corrected chi connectivity index (χ3v) is 5.36. The van der Waals surface area contributed by atoms with Crippen LogP contribution in [0.15, 0.2) is 48.0 Å². The standard InChI is InChI=1S/C24H28N2O5/c1-15-6-11-19(31-4)18(14-15)22(28)20-21(16-7-9-17(27)10-8-16)26(24(30)23(20)29)13-5-12-25(2)3/h6-11,14,21,27-28H,5,12-13H2,1-4H3/b22-20+. The van der Waals surface area contributed by atoms with E-state index in [-0.39, 0.29) is 17.1 Å². The number of methoxy groups -OCH3 is 1. The Bertz CT molecular complexity index is 1010. The van der Waals surface area contributed by atoms with Gasteiger partial charge in [-0.25, -0.2) is 0 Å². The fraction of sp³-hybridized carbons (Fsp3) is 0.333. The van der Waals surface area contributed by atoms with Crippen LogP contribution in [0, 0.1) is 6.92 Å². The van der Waals surface area contributed by atoms with E-state index in [1.807, 2.05) is 32.0 Å². The molecule has 0 saturated carbocycles. The summed E-state index contributed by atoms with van der Waals surface area (Å²) in [6, 6.07) is 10.8. The quantitative estimate of drug-likeness (QED) is 0.403. The van der Waals surface area contributed by atoms with E-state index < -0.39 is 17.7 Å². The van der Waals surface area contributed by atoms with Gasteiger partial charge in [0, 0.05) is 6.54 Å². The number of carbonyl (C=O) groups is 2. The van der Waals surface area contributed by atoms with Gasteiger partial charge in [-0.15, -0.1) is 0 Å². The Labute approximate surface area is 182 Å². The van der Waals surface area contributed by atoms with Crippen molar-refractivity contribution in [3.63, 3.8) is 0 Å². The Kier molecular flexibility index (Phi) is 6.65. The largest absolute Gasteiger partial charge is 0.508 e. The number of phenolic OH excluding ortho intramolecular Hbond substituents is 1. The minimum atomic E-state index is -0.756. The first-order valence-electron chi connectivity index (χ1n) is 10.1. The van der Waals surface area contributed by atoms with Gasteiger partial charge in [0.25, 0.3) is 11.7 Å². The van der Waals surface area contributed by atoms with Gasteiger partial charge in [0.2, 0.25) is 0 Å². The highest BCUT2D eigenvalue weighted by atomic mass is 16.5. The summed E-state index contributed by atoms with van der Waals surface area (Å²) in [5.41, 5.74) is 1.89. The number of ketones is 1. The van der Waals surface area contributed by atoms with Crippen molar-refractivity contribution in [3.8, 4) is 11.5 Å². The molecule has 0 aliphatic carbocycles. The molecule has 0 spiro atoms. The zero-order valence-electron chi connectivity index (χ0n) is 18.3. The molecule has 0 radical (unpaired) electrons. The summed E-state index contributed by atoms with van der Waals surface area (Å²) in [6.07, 6.45) is 0.669. The third kappa shape index (κ3) is 4.56. The number of rotatable bonds is 7. The number of Topliss-reactive ketones (excluding diaryl/α,β-unsaturated/α-hetero) is 1. The van der Waals surface area contributed by atoms with E-state index in [9.17, 15) is 19.8 Å². The summed E-state index contributed by atoms with van der Waals surface area (Å²) < 4.78 is 5.38. The molecular weight excluding hydrogens is 396 g/mol. The number of nitrogens with zero attached hydrogens (tertiary/aromatic N) is 2. The Balaban J connectivity index is 2.15. The van der Waals surface area contributed by atoms with Crippen molar-refractivity contribution >= 4 is 17.4 Å². The topological polar surface area (TPSA) is 90.3 Å². The fourth-order valence-corrected chi connectivity index (χ4v) is 3.82. The number of aliphatic hydroxyl groups is 1. The smallest absolute Gasteiger partial charge is 0.295 e. The van der Waals surface area contributed by atoms with Gasteiger partial charge in [0.1, 0.15) is 17.3 Å². The lowest BCUT2D eigenvalue weighted by atomic mass is 9.94. The van der Waals surface area contributed by atoms with E-state index in [0.29, 0.717) is 29.8 Å². The zero-order chi connectivity index (χ0) is 22.7. The van der Waals surface area contributed by atoms with Crippen LogP contribution in [0.1, 0.15) is 29.2 Å². The van der Waals surface area contributed by atoms with Gasteiger partial charge >= 0.3 is 0 Å². The van der Waals surface area contributed by atoms with Gasteiger partial charge in [-0.2, -0.15) is 0 Å². The molecule has 31 heavy (non-hydrogen) atoms. The number of aryl methyl sites for hydroxylation is 1. The normalized spacial score (nSPS) is 18.1. The van der Waals surface area contributed by atoms with Gasteiger partial charge in [-0.1, -0.05) is 23.8 Å². The van der Waals surface area contributed by atoms with Gasteiger partial charge in [-0.05, 0) is 63.8 Å². The first-order chi connectivity index (χ1) is 14.7. The average Bonchev–Trinajstić information content (AvgIpc) is 2.98. The van der Waals surface area contributed by atoms with E-state index in [2.05, 4.69) is 0 Å². The fourth-order valence-electron chi connectivity index (χ4n) is 3.82. The van der Waals surface area contributed by atoms with Crippen LogP contribution in [0.2, 0.25) is 0 Å². The van der Waals surface area contributed by atoms with Crippen molar-refractivity contribution in [1.82, 2.24) is 9.80 Å². The number of aliphatic hydroxyl groups excluding tert-OH is 1. The first-order valence-corrected chi connectivity index (χ1v) is 10.1. The maximum absolute atomic E-state index is 13.1. The predicted octanol–water partition coefficient (Wildman–Crippen LogP) is 3.08. The lowest BCUT2D eigenvalue weighted by molar-refractivity contribution is -0.139. The van der Waals surface area contributed by atoms with Crippen LogP contribution < -0.4 is 4.74 Å². The van der Waals surface area contributed by atoms with Gasteiger partial charge in [-0.3, -0.25) is 9.59 Å². The van der Waals surface area contributed by atoms with Crippen molar-refractivity contribution in [2.24, 2.45) is 0 Å². The van der Waals surface area contributed by atoms with Crippen LogP contribution in [0.4, 0.5) is 0 Å². The Morgan fingerprint density at radius 1 is 1.13 bits per heavy atom. The Morgan fingerprint density at radius 2 is 1.81 bits per heavy atom. The summed E-state index contributed by atoms with van der Waals surface area (Å²) in [7, 11) is 5.36. The number of hydrogen-bond acceptors (Lipinski definition) is 6. The van der Waals surface area contributed by atoms with Crippen molar-refractivity contribution in [3.05, 3.63) is 64.7 Å². The van der Waals surface area contributed by atoms with E-state index in [0.717, 1.165) is 12.1 Å². The lowest BCUT2D eigenvalue weighted by Gasteiger charge is -2.26. The van der Waals surface area contributed by atoms with E-state index in [1.165, 1.54) is 24.1 Å². The van der Waals surface area contributed by atoms with Crippen LogP contribution in [0.3, 0.4) is 0 Å². The number of likely N-dealkylation sites (tertiary alicyclic amines) is 1. The second-order valence-electron chi connectivity index (χ2n) is 7.94. The summed E-state index contributed by atoms with van der Waals surface area (Å²) in [4.78, 5) is 29.5. The van der Waals surface area contributed by atoms with Crippen LogP contribution in [0.5, 0.6) is 11.5 Å². The molecule has 1 fully saturated rings. The second-order valence-corrected chi connectivity index (χ2v) is 7.94. The monoisotopic (exact) mass is 424 g/mol. The molecule has 1 amide bonds. The molecular formula is C24H28N2O5. The highest BCUT2D eigenvalue weighted by molar-refractivity contribution is 6.46. The van der Waals surface area contributed by atoms with Crippen molar-refractivity contribution in [2.45, 2.75) is 19.4 Å². The molecule has 1 heterocycles. The summed E-state index contributed by atoms with van der Waals surface area (Å²) in [5.74, 6) is -1.17. The minimum absolute atomic E-state index is 0.0180. The number of aromatic hydroxyl groups is 1. The van der Waals surface area contributed by atoms with Crippen molar-refractivity contribution in [2.75, 3.05) is 34.3 Å². The number of amides is 1. The molecule has 1 aliphatic rings. The van der Waals surface area contributed by atoms with Gasteiger partial charge in [0.05, 0.1) is 24.3 Å². The molecule has 3 rings (SSSR count). The average molecular weight is 424 g/mol. The van der Waals surface area contributed by atoms with Crippen molar-refractivity contribution in [1.29, 1.82) is 0 Å². The van der Waals surface area contributed by atoms with Crippen LogP contribution in [-0.4, -0.2) is 66.0 Å². The molecule has 7 heteroatoms. The van der Waals surface area contributed by atoms with Crippen LogP contribution in [0.25, 0.3) is 5.76 Å². The molecule has 2 aromatic carbocycles. The second kappa shape index (κ2) is 9.22. The maximum Gasteiger partial charge on any atom is 0.295 e. The Hall–Kier alpha value is -3.32. The molecule has 1 atom stereocenters. The molecule has 0 aromatic heterocycles. The summed E-state index contributed by atoms with van der Waals surface area (Å²) in [5, 5.41) is 20.9. The highest BCUT2D eigenvalue weighted by Crippen LogP contribution is 2.41. The maximum atomic E-state index is 13.1. The van der Waals surface area contributed by atoms with E-state index >= 15 is 0 Å². The molecule has 2 N–H and O–H groups in total. The van der Waals surface area contributed by atoms with Crippen LogP contribution >= 0.6 is 0 Å². The minimum Gasteiger partial charge on any atom is -0.508 e. The van der Waals surface area contributed by atoms with Gasteiger partial charge in [0.15, 0.2) is 0 Å². The molecule has 1 unspecified atom stereocenters. The number of carbonyl (C=O) groups excluding carboxylic acids is 2. The van der Waals surface area contributed by atoms with E-state index in [4.69, 9.17) is 4.74 Å². The number of hydrogen-bond donors (Lipinski definition) is 2. The molecule has 7 nitrogen and oxygen atoms in total.